The molecule has 1 atom stereocenters. The summed E-state index contributed by atoms with van der Waals surface area (Å²) in [5.41, 5.74) is 0.692. The Morgan fingerprint density at radius 3 is 2.76 bits per heavy atom. The summed E-state index contributed by atoms with van der Waals surface area (Å²) >= 11 is 0. The number of nitrogens with one attached hydrogen (secondary N) is 2. The molecule has 0 aliphatic carbocycles. The van der Waals surface area contributed by atoms with E-state index in [1.165, 1.54) is 39.8 Å². The number of allylic oxidation sites excluding steroid dienone is 1. The first-order valence-electron chi connectivity index (χ1n) is 10.6. The van der Waals surface area contributed by atoms with E-state index in [2.05, 4.69) is 15.3 Å². The van der Waals surface area contributed by atoms with Gasteiger partial charge in [0.15, 0.2) is 0 Å². The number of carbonyl (C=O) groups excluding carboxylic acids is 2. The van der Waals surface area contributed by atoms with Crippen molar-refractivity contribution in [2.45, 2.75) is 25.1 Å². The third kappa shape index (κ3) is 5.84. The van der Waals surface area contributed by atoms with Crippen molar-refractivity contribution in [2.24, 2.45) is 5.92 Å². The van der Waals surface area contributed by atoms with Gasteiger partial charge in [-0.25, -0.2) is 9.37 Å². The molecule has 11 heteroatoms. The maximum atomic E-state index is 13.4. The van der Waals surface area contributed by atoms with Crippen LogP contribution in [0.3, 0.4) is 0 Å². The van der Waals surface area contributed by atoms with E-state index in [0.29, 0.717) is 16.9 Å². The topological polar surface area (TPSA) is 100 Å². The third-order valence-corrected chi connectivity index (χ3v) is 5.46. The van der Waals surface area contributed by atoms with Gasteiger partial charge in [0, 0.05) is 26.2 Å². The Labute approximate surface area is 199 Å². The van der Waals surface area contributed by atoms with Crippen LogP contribution in [0.2, 0.25) is 5.21 Å². The number of benzene rings is 1. The van der Waals surface area contributed by atoms with E-state index in [0.717, 1.165) is 0 Å². The van der Waals surface area contributed by atoms with Crippen LogP contribution in [-0.4, -0.2) is 61.0 Å². The summed E-state index contributed by atoms with van der Waals surface area (Å²) in [7, 11) is 15.5. The molecule has 1 aromatic carbocycles. The van der Waals surface area contributed by atoms with Gasteiger partial charge >= 0.3 is 0 Å². The fourth-order valence-electron chi connectivity index (χ4n) is 3.20. The number of likely N-dealkylation sites (N-methyl/N-ethyl adjacent to an activating group) is 1. The maximum absolute atomic E-state index is 13.4. The summed E-state index contributed by atoms with van der Waals surface area (Å²) < 4.78 is 14.8. The van der Waals surface area contributed by atoms with Crippen LogP contribution in [0.1, 0.15) is 19.2 Å². The molecule has 0 bridgehead atoms. The van der Waals surface area contributed by atoms with Crippen LogP contribution in [0.5, 0.6) is 0 Å². The molecule has 2 heterocycles. The van der Waals surface area contributed by atoms with Crippen molar-refractivity contribution in [3.63, 3.8) is 0 Å². The van der Waals surface area contributed by atoms with Gasteiger partial charge in [-0.1, -0.05) is 18.2 Å². The molecule has 0 aliphatic rings. The van der Waals surface area contributed by atoms with Crippen molar-refractivity contribution < 1.29 is 14.0 Å². The highest BCUT2D eigenvalue weighted by molar-refractivity contribution is 6.41. The number of aromatic amines is 1. The zero-order valence-corrected chi connectivity index (χ0v) is 19.2. The number of carbonyl (C=O) groups is 2. The van der Waals surface area contributed by atoms with E-state index in [9.17, 15) is 18.8 Å². The highest BCUT2D eigenvalue weighted by Crippen LogP contribution is 2.33. The van der Waals surface area contributed by atoms with E-state index in [1.807, 2.05) is 0 Å². The number of nitrogens with zero attached hydrogens (tertiary/aromatic N) is 3. The summed E-state index contributed by atoms with van der Waals surface area (Å²) in [4.78, 5) is 46.0. The Morgan fingerprint density at radius 2 is 2.06 bits per heavy atom. The van der Waals surface area contributed by atoms with E-state index in [1.54, 1.807) is 39.3 Å². The number of fused-ring (bicyclic) bond motifs is 1. The van der Waals surface area contributed by atoms with Gasteiger partial charge < -0.3 is 19.8 Å². The first kappa shape index (κ1) is 25.0. The molecule has 2 N–H and O–H groups in total. The molecule has 3 aromatic rings. The molecular weight excluding hydrogens is 435 g/mol. The third-order valence-electron chi connectivity index (χ3n) is 5.46. The number of aromatic nitrogens is 3. The van der Waals surface area contributed by atoms with E-state index in [-0.39, 0.29) is 24.6 Å². The average Bonchev–Trinajstić information content (AvgIpc) is 3.17. The van der Waals surface area contributed by atoms with Crippen LogP contribution in [0.25, 0.3) is 11.0 Å². The second kappa shape index (κ2) is 10.1. The van der Waals surface area contributed by atoms with Gasteiger partial charge in [-0.05, 0) is 42.8 Å². The number of hydrogen-bond donors (Lipinski definition) is 2. The molecule has 0 fully saturated rings. The molecule has 0 saturated carbocycles. The Kier molecular flexibility index (Phi) is 7.44. The first-order valence-corrected chi connectivity index (χ1v) is 10.6. The molecule has 4 radical (unpaired) electrons. The van der Waals surface area contributed by atoms with Gasteiger partial charge in [-0.2, -0.15) is 0 Å². The number of amides is 2. The lowest BCUT2D eigenvalue weighted by atomic mass is 9.47. The van der Waals surface area contributed by atoms with Gasteiger partial charge in [0.05, 0.1) is 33.3 Å². The zero-order chi connectivity index (χ0) is 25.0. The lowest BCUT2D eigenvalue weighted by molar-refractivity contribution is -0.123. The Balaban J connectivity index is 1.71. The van der Waals surface area contributed by atoms with Crippen LogP contribution >= 0.6 is 0 Å². The molecule has 8 nitrogen and oxygen atoms in total. The van der Waals surface area contributed by atoms with Crippen molar-refractivity contribution in [1.29, 1.82) is 0 Å². The van der Waals surface area contributed by atoms with Crippen LogP contribution in [0.15, 0.2) is 53.5 Å². The number of imidazole rings is 1. The van der Waals surface area contributed by atoms with Crippen LogP contribution in [0.4, 0.5) is 10.1 Å². The number of pyridine rings is 1. The van der Waals surface area contributed by atoms with Crippen molar-refractivity contribution in [2.75, 3.05) is 19.4 Å². The Bertz CT molecular complexity index is 1300. The largest absolute Gasteiger partial charge is 0.345 e. The summed E-state index contributed by atoms with van der Waals surface area (Å²) in [6.07, 6.45) is 4.48. The maximum Gasteiger partial charge on any atom is 0.274 e. The van der Waals surface area contributed by atoms with E-state index < -0.39 is 28.4 Å². The van der Waals surface area contributed by atoms with Gasteiger partial charge in [0.2, 0.25) is 11.8 Å². The van der Waals surface area contributed by atoms with E-state index >= 15 is 0 Å². The van der Waals surface area contributed by atoms with E-state index in [4.69, 9.17) is 15.7 Å². The SMILES string of the molecule is [B]C([B])(C/C=C/C(=O)N(C)C)C(C)C(=O)Nc1cccn(Cc2nc3ccc(F)cc3[nH]2)c1=O. The standard InChI is InChI=1S/C23H24B2FN5O3/c1-14(23(24,25)10-4-7-20(32)30(2)3)21(33)29-17-6-5-11-31(22(17)34)13-19-27-16-9-8-15(26)12-18(16)28-19/h4-9,11-12,14H,10,13H2,1-3H3,(H,27,28)(H,29,33)/b7-4+. The molecule has 34 heavy (non-hydrogen) atoms. The van der Waals surface area contributed by atoms with Crippen LogP contribution in [0, 0.1) is 11.7 Å². The normalized spacial score (nSPS) is 12.7. The number of rotatable bonds is 8. The molecule has 0 spiro atoms. The molecule has 1 unspecified atom stereocenters. The minimum atomic E-state index is -1.44. The first-order chi connectivity index (χ1) is 16.0. The molecule has 2 amide bonds. The van der Waals surface area contributed by atoms with Crippen molar-refractivity contribution in [1.82, 2.24) is 19.4 Å². The predicted octanol–water partition coefficient (Wildman–Crippen LogP) is 1.97. The number of hydrogen-bond acceptors (Lipinski definition) is 4. The van der Waals surface area contributed by atoms with Gasteiger partial charge in [0.1, 0.15) is 17.3 Å². The van der Waals surface area contributed by atoms with Crippen LogP contribution in [-0.2, 0) is 16.1 Å². The number of halogens is 1. The molecule has 2 aromatic heterocycles. The molecule has 0 saturated heterocycles. The minimum Gasteiger partial charge on any atom is -0.345 e. The Hall–Kier alpha value is -3.62. The fraction of sp³-hybridized carbons (Fsp3) is 0.304. The second-order valence-electron chi connectivity index (χ2n) is 8.36. The molecule has 172 valence electrons. The fourth-order valence-corrected chi connectivity index (χ4v) is 3.20. The smallest absolute Gasteiger partial charge is 0.274 e. The minimum absolute atomic E-state index is 0.0515. The quantitative estimate of drug-likeness (QED) is 0.398. The molecule has 3 rings (SSSR count). The highest BCUT2D eigenvalue weighted by Gasteiger charge is 2.30. The highest BCUT2D eigenvalue weighted by atomic mass is 19.1. The summed E-state index contributed by atoms with van der Waals surface area (Å²) in [5.74, 6) is -1.57. The average molecular weight is 459 g/mol. The lowest BCUT2D eigenvalue weighted by Crippen LogP contribution is -2.35. The summed E-state index contributed by atoms with van der Waals surface area (Å²) in [6, 6.07) is 7.26. The monoisotopic (exact) mass is 459 g/mol. The van der Waals surface area contributed by atoms with Gasteiger partial charge in [0.25, 0.3) is 5.56 Å². The van der Waals surface area contributed by atoms with Gasteiger partial charge in [-0.3, -0.25) is 14.4 Å². The lowest BCUT2D eigenvalue weighted by Gasteiger charge is -2.30. The van der Waals surface area contributed by atoms with Gasteiger partial charge in [-0.15, -0.1) is 0 Å². The molecule has 0 aliphatic heterocycles. The Morgan fingerprint density at radius 1 is 1.32 bits per heavy atom. The second-order valence-corrected chi connectivity index (χ2v) is 8.36. The summed E-state index contributed by atoms with van der Waals surface area (Å²) in [6.45, 7) is 1.64. The number of anilines is 1. The van der Waals surface area contributed by atoms with Crippen molar-refractivity contribution >= 4 is 44.2 Å². The number of H-pyrrole nitrogens is 1. The predicted molar refractivity (Wildman–Crippen MR) is 130 cm³/mol. The zero-order valence-electron chi connectivity index (χ0n) is 19.2. The van der Waals surface area contributed by atoms with Crippen molar-refractivity contribution in [3.05, 3.63) is 70.7 Å². The van der Waals surface area contributed by atoms with Crippen LogP contribution < -0.4 is 10.9 Å². The molecular formula is C23H24B2FN5O3. The summed E-state index contributed by atoms with van der Waals surface area (Å²) in [5, 5.41) is 1.14. The van der Waals surface area contributed by atoms with Crippen molar-refractivity contribution in [3.8, 4) is 0 Å².